The quantitative estimate of drug-likeness (QED) is 0.644. The molecule has 28 heavy (non-hydrogen) atoms. The van der Waals surface area contributed by atoms with Crippen LogP contribution in [0.15, 0.2) is 42.5 Å². The van der Waals surface area contributed by atoms with Gasteiger partial charge in [0, 0.05) is 10.7 Å². The first-order chi connectivity index (χ1) is 13.3. The van der Waals surface area contributed by atoms with Gasteiger partial charge in [0.1, 0.15) is 0 Å². The summed E-state index contributed by atoms with van der Waals surface area (Å²) in [4.78, 5) is 24.5. The summed E-state index contributed by atoms with van der Waals surface area (Å²) in [5.41, 5.74) is 0.472. The summed E-state index contributed by atoms with van der Waals surface area (Å²) in [5, 5.41) is 3.01. The molecule has 150 valence electrons. The lowest BCUT2D eigenvalue weighted by Crippen LogP contribution is -2.30. The third-order valence-electron chi connectivity index (χ3n) is 3.44. The van der Waals surface area contributed by atoms with Gasteiger partial charge < -0.3 is 19.5 Å². The SMILES string of the molecule is CCOc1cc(C(=O)O[C@@H](C)C(=O)Nc2cccc(Cl)c2)ccc1OC(F)F. The average Bonchev–Trinajstić information content (AvgIpc) is 2.62. The summed E-state index contributed by atoms with van der Waals surface area (Å²) in [6, 6.07) is 10.1. The maximum absolute atomic E-state index is 12.4. The minimum absolute atomic E-state index is 0.0208. The molecule has 0 aliphatic heterocycles. The summed E-state index contributed by atoms with van der Waals surface area (Å²) < 4.78 is 39.6. The van der Waals surface area contributed by atoms with E-state index < -0.39 is 24.6 Å². The molecular weight excluding hydrogens is 396 g/mol. The first kappa shape index (κ1) is 21.4. The van der Waals surface area contributed by atoms with E-state index in [4.69, 9.17) is 21.1 Å². The third-order valence-corrected chi connectivity index (χ3v) is 3.68. The molecule has 0 unspecified atom stereocenters. The van der Waals surface area contributed by atoms with E-state index in [9.17, 15) is 18.4 Å². The topological polar surface area (TPSA) is 73.9 Å². The second kappa shape index (κ2) is 9.89. The molecule has 0 saturated heterocycles. The van der Waals surface area contributed by atoms with Gasteiger partial charge in [-0.15, -0.1) is 0 Å². The highest BCUT2D eigenvalue weighted by molar-refractivity contribution is 6.30. The van der Waals surface area contributed by atoms with Gasteiger partial charge in [-0.25, -0.2) is 4.79 Å². The van der Waals surface area contributed by atoms with Crippen molar-refractivity contribution in [3.63, 3.8) is 0 Å². The molecule has 2 aromatic rings. The molecule has 0 aliphatic carbocycles. The second-order valence-electron chi connectivity index (χ2n) is 5.52. The van der Waals surface area contributed by atoms with E-state index in [0.717, 1.165) is 0 Å². The number of nitrogens with one attached hydrogen (secondary N) is 1. The van der Waals surface area contributed by atoms with Gasteiger partial charge >= 0.3 is 12.6 Å². The number of carbonyl (C=O) groups is 2. The zero-order valence-electron chi connectivity index (χ0n) is 15.1. The Balaban J connectivity index is 2.06. The molecule has 2 aromatic carbocycles. The number of halogens is 3. The van der Waals surface area contributed by atoms with Crippen LogP contribution < -0.4 is 14.8 Å². The van der Waals surface area contributed by atoms with Gasteiger partial charge in [-0.3, -0.25) is 4.79 Å². The Morgan fingerprint density at radius 3 is 2.54 bits per heavy atom. The summed E-state index contributed by atoms with van der Waals surface area (Å²) in [7, 11) is 0. The van der Waals surface area contributed by atoms with Gasteiger partial charge in [0.25, 0.3) is 5.91 Å². The van der Waals surface area contributed by atoms with Gasteiger partial charge in [0.05, 0.1) is 12.2 Å². The summed E-state index contributed by atoms with van der Waals surface area (Å²) in [6.45, 7) is 0.193. The maximum atomic E-state index is 12.4. The van der Waals surface area contributed by atoms with Crippen LogP contribution in [0.3, 0.4) is 0 Å². The van der Waals surface area contributed by atoms with E-state index >= 15 is 0 Å². The molecule has 0 fully saturated rings. The Morgan fingerprint density at radius 2 is 1.89 bits per heavy atom. The van der Waals surface area contributed by atoms with Crippen molar-refractivity contribution in [2.24, 2.45) is 0 Å². The number of anilines is 1. The minimum atomic E-state index is -3.03. The number of hydrogen-bond donors (Lipinski definition) is 1. The normalized spacial score (nSPS) is 11.6. The predicted molar refractivity (Wildman–Crippen MR) is 99.2 cm³/mol. The highest BCUT2D eigenvalue weighted by atomic mass is 35.5. The molecule has 1 N–H and O–H groups in total. The molecule has 0 spiro atoms. The lowest BCUT2D eigenvalue weighted by molar-refractivity contribution is -0.123. The van der Waals surface area contributed by atoms with Gasteiger partial charge in [-0.1, -0.05) is 17.7 Å². The summed E-state index contributed by atoms with van der Waals surface area (Å²) in [5.74, 6) is -1.62. The third kappa shape index (κ3) is 6.09. The number of ether oxygens (including phenoxy) is 3. The van der Waals surface area contributed by atoms with Gasteiger partial charge in [-0.05, 0) is 50.2 Å². The number of esters is 1. The van der Waals surface area contributed by atoms with Crippen LogP contribution in [-0.4, -0.2) is 31.2 Å². The van der Waals surface area contributed by atoms with E-state index in [-0.39, 0.29) is 23.7 Å². The van der Waals surface area contributed by atoms with Crippen LogP contribution in [0.4, 0.5) is 14.5 Å². The molecule has 6 nitrogen and oxygen atoms in total. The van der Waals surface area contributed by atoms with Crippen molar-refractivity contribution in [1.82, 2.24) is 0 Å². The molecule has 2 rings (SSSR count). The van der Waals surface area contributed by atoms with E-state index in [2.05, 4.69) is 10.1 Å². The smallest absolute Gasteiger partial charge is 0.387 e. The van der Waals surface area contributed by atoms with Crippen LogP contribution in [0.25, 0.3) is 0 Å². The molecular formula is C19H18ClF2NO5. The van der Waals surface area contributed by atoms with Crippen LogP contribution in [-0.2, 0) is 9.53 Å². The van der Waals surface area contributed by atoms with Gasteiger partial charge in [0.15, 0.2) is 17.6 Å². The number of carbonyl (C=O) groups excluding carboxylic acids is 2. The number of hydrogen-bond acceptors (Lipinski definition) is 5. The largest absolute Gasteiger partial charge is 0.490 e. The van der Waals surface area contributed by atoms with Crippen LogP contribution in [0.5, 0.6) is 11.5 Å². The van der Waals surface area contributed by atoms with Crippen molar-refractivity contribution in [2.75, 3.05) is 11.9 Å². The average molecular weight is 414 g/mol. The van der Waals surface area contributed by atoms with Gasteiger partial charge in [0.2, 0.25) is 0 Å². The van der Waals surface area contributed by atoms with Crippen LogP contribution >= 0.6 is 11.6 Å². The summed E-state index contributed by atoms with van der Waals surface area (Å²) in [6.07, 6.45) is -1.11. The zero-order valence-corrected chi connectivity index (χ0v) is 15.8. The molecule has 1 amide bonds. The van der Waals surface area contributed by atoms with Crippen molar-refractivity contribution < 1.29 is 32.6 Å². The fourth-order valence-corrected chi connectivity index (χ4v) is 2.38. The Hall–Kier alpha value is -2.87. The minimum Gasteiger partial charge on any atom is -0.490 e. The zero-order chi connectivity index (χ0) is 20.7. The first-order valence-electron chi connectivity index (χ1n) is 8.29. The molecule has 0 bridgehead atoms. The van der Waals surface area contributed by atoms with Crippen molar-refractivity contribution >= 4 is 29.2 Å². The van der Waals surface area contributed by atoms with Crippen molar-refractivity contribution in [3.8, 4) is 11.5 Å². The van der Waals surface area contributed by atoms with Crippen molar-refractivity contribution in [1.29, 1.82) is 0 Å². The van der Waals surface area contributed by atoms with Crippen molar-refractivity contribution in [2.45, 2.75) is 26.6 Å². The number of rotatable bonds is 8. The fraction of sp³-hybridized carbons (Fsp3) is 0.263. The molecule has 0 radical (unpaired) electrons. The highest BCUT2D eigenvalue weighted by Crippen LogP contribution is 2.30. The van der Waals surface area contributed by atoms with E-state index in [0.29, 0.717) is 10.7 Å². The lowest BCUT2D eigenvalue weighted by Gasteiger charge is -2.15. The van der Waals surface area contributed by atoms with Crippen LogP contribution in [0.2, 0.25) is 5.02 Å². The Labute approximate surface area is 165 Å². The molecule has 0 saturated carbocycles. The maximum Gasteiger partial charge on any atom is 0.387 e. The molecule has 1 atom stereocenters. The van der Waals surface area contributed by atoms with E-state index in [1.54, 1.807) is 31.2 Å². The molecule has 0 heterocycles. The Bertz CT molecular complexity index is 847. The Kier molecular flexibility index (Phi) is 7.57. The van der Waals surface area contributed by atoms with Crippen LogP contribution in [0.1, 0.15) is 24.2 Å². The number of alkyl halides is 2. The second-order valence-corrected chi connectivity index (χ2v) is 5.96. The standard InChI is InChI=1S/C19H18ClF2NO5/c1-3-26-16-9-12(7-8-15(16)28-19(21)22)18(25)27-11(2)17(24)23-14-6-4-5-13(20)10-14/h4-11,19H,3H2,1-2H3,(H,23,24)/t11-/m0/s1. The van der Waals surface area contributed by atoms with Crippen LogP contribution in [0, 0.1) is 0 Å². The first-order valence-corrected chi connectivity index (χ1v) is 8.67. The highest BCUT2D eigenvalue weighted by Gasteiger charge is 2.21. The Morgan fingerprint density at radius 1 is 1.14 bits per heavy atom. The summed E-state index contributed by atoms with van der Waals surface area (Å²) >= 11 is 5.85. The monoisotopic (exact) mass is 413 g/mol. The molecule has 0 aromatic heterocycles. The number of amides is 1. The fourth-order valence-electron chi connectivity index (χ4n) is 2.19. The predicted octanol–water partition coefficient (Wildman–Crippen LogP) is 4.52. The van der Waals surface area contributed by atoms with E-state index in [1.165, 1.54) is 25.1 Å². The van der Waals surface area contributed by atoms with Crippen molar-refractivity contribution in [3.05, 3.63) is 53.1 Å². The van der Waals surface area contributed by atoms with Gasteiger partial charge in [-0.2, -0.15) is 8.78 Å². The molecule has 9 heteroatoms. The van der Waals surface area contributed by atoms with E-state index in [1.807, 2.05) is 0 Å². The lowest BCUT2D eigenvalue weighted by atomic mass is 10.2. The molecule has 0 aliphatic rings. The number of benzene rings is 2.